The lowest BCUT2D eigenvalue weighted by Crippen LogP contribution is -2.54. The van der Waals surface area contributed by atoms with Crippen LogP contribution in [0, 0.1) is 6.92 Å². The monoisotopic (exact) mass is 529 g/mol. The molecule has 0 radical (unpaired) electrons. The van der Waals surface area contributed by atoms with Gasteiger partial charge >= 0.3 is 0 Å². The average molecular weight is 531 g/mol. The van der Waals surface area contributed by atoms with Crippen LogP contribution in [0.1, 0.15) is 63.6 Å². The number of thiocarbonyl (C=S) groups is 1. The molecule has 5 nitrogen and oxygen atoms in total. The lowest BCUT2D eigenvalue weighted by atomic mass is 9.78. The standard InChI is InChI=1S/C27H29Cl2N3O2S/c1-14(2)32-22-10-15(3)17(11-18(22)16(4)13-27(32,5)6)12-19-24(33)30-26(35)31(25(19)34)21-9-7-8-20(28)23(21)29/h7-12,14,16H,13H2,1-6H3,(H,30,33,35)/b19-12+/t16-/m0/s1. The highest BCUT2D eigenvalue weighted by molar-refractivity contribution is 7.80. The Morgan fingerprint density at radius 1 is 1.17 bits per heavy atom. The molecule has 0 unspecified atom stereocenters. The molecule has 1 saturated heterocycles. The Balaban J connectivity index is 1.81. The number of nitrogens with zero attached hydrogens (tertiary/aromatic N) is 2. The zero-order chi connectivity index (χ0) is 25.8. The Kier molecular flexibility index (Phi) is 6.77. The van der Waals surface area contributed by atoms with E-state index in [1.165, 1.54) is 16.2 Å². The smallest absolute Gasteiger partial charge is 0.270 e. The summed E-state index contributed by atoms with van der Waals surface area (Å²) in [4.78, 5) is 30.0. The minimum atomic E-state index is -0.543. The van der Waals surface area contributed by atoms with Crippen molar-refractivity contribution in [3.63, 3.8) is 0 Å². The Hall–Kier alpha value is -2.41. The number of hydrogen-bond acceptors (Lipinski definition) is 4. The molecule has 2 heterocycles. The van der Waals surface area contributed by atoms with Crippen LogP contribution >= 0.6 is 35.4 Å². The topological polar surface area (TPSA) is 52.7 Å². The molecule has 35 heavy (non-hydrogen) atoms. The van der Waals surface area contributed by atoms with Gasteiger partial charge < -0.3 is 4.90 Å². The molecule has 2 aromatic carbocycles. The van der Waals surface area contributed by atoms with Crippen molar-refractivity contribution < 1.29 is 9.59 Å². The highest BCUT2D eigenvalue weighted by Crippen LogP contribution is 2.45. The molecule has 1 fully saturated rings. The molecular weight excluding hydrogens is 501 g/mol. The number of benzene rings is 2. The first kappa shape index (κ1) is 25.7. The van der Waals surface area contributed by atoms with Crippen molar-refractivity contribution in [2.24, 2.45) is 0 Å². The van der Waals surface area contributed by atoms with Gasteiger partial charge in [0.25, 0.3) is 11.8 Å². The Morgan fingerprint density at radius 3 is 2.51 bits per heavy atom. The molecule has 0 aromatic heterocycles. The average Bonchev–Trinajstić information content (AvgIpc) is 2.73. The first-order valence-corrected chi connectivity index (χ1v) is 12.8. The molecule has 1 N–H and O–H groups in total. The van der Waals surface area contributed by atoms with Gasteiger partial charge in [-0.3, -0.25) is 19.8 Å². The van der Waals surface area contributed by atoms with Gasteiger partial charge in [-0.05, 0) is 106 Å². The van der Waals surface area contributed by atoms with Gasteiger partial charge in [0.05, 0.1) is 15.7 Å². The number of aryl methyl sites for hydroxylation is 1. The van der Waals surface area contributed by atoms with Crippen LogP contribution in [-0.4, -0.2) is 28.5 Å². The summed E-state index contributed by atoms with van der Waals surface area (Å²) in [6.07, 6.45) is 2.65. The molecule has 0 saturated carbocycles. The molecule has 0 spiro atoms. The van der Waals surface area contributed by atoms with Crippen molar-refractivity contribution in [3.8, 4) is 0 Å². The number of hydrogen-bond donors (Lipinski definition) is 1. The molecule has 8 heteroatoms. The molecular formula is C27H29Cl2N3O2S. The van der Waals surface area contributed by atoms with Crippen LogP contribution in [0.4, 0.5) is 11.4 Å². The first-order valence-electron chi connectivity index (χ1n) is 11.6. The summed E-state index contributed by atoms with van der Waals surface area (Å²) in [6.45, 7) is 13.2. The summed E-state index contributed by atoms with van der Waals surface area (Å²) in [5.74, 6) is -0.750. The van der Waals surface area contributed by atoms with Gasteiger partial charge in [-0.1, -0.05) is 36.2 Å². The van der Waals surface area contributed by atoms with E-state index in [1.807, 2.05) is 6.92 Å². The maximum Gasteiger partial charge on any atom is 0.270 e. The number of anilines is 2. The van der Waals surface area contributed by atoms with E-state index >= 15 is 0 Å². The predicted octanol–water partition coefficient (Wildman–Crippen LogP) is 6.63. The van der Waals surface area contributed by atoms with Crippen LogP contribution in [0.3, 0.4) is 0 Å². The normalized spacial score (nSPS) is 21.0. The highest BCUT2D eigenvalue weighted by atomic mass is 35.5. The molecule has 0 bridgehead atoms. The van der Waals surface area contributed by atoms with Gasteiger partial charge in [0.2, 0.25) is 0 Å². The third-order valence-electron chi connectivity index (χ3n) is 6.75. The number of amides is 2. The number of carbonyl (C=O) groups excluding carboxylic acids is 2. The first-order chi connectivity index (χ1) is 16.3. The van der Waals surface area contributed by atoms with Crippen LogP contribution in [-0.2, 0) is 9.59 Å². The van der Waals surface area contributed by atoms with E-state index in [0.29, 0.717) is 22.7 Å². The molecule has 4 rings (SSSR count). The molecule has 0 aliphatic carbocycles. The van der Waals surface area contributed by atoms with Gasteiger partial charge in [0.15, 0.2) is 5.11 Å². The summed E-state index contributed by atoms with van der Waals surface area (Å²) in [5, 5.41) is 3.06. The fraction of sp³-hybridized carbons (Fsp3) is 0.370. The minimum absolute atomic E-state index is 0.0119. The van der Waals surface area contributed by atoms with Crippen molar-refractivity contribution in [2.45, 2.75) is 65.5 Å². The number of fused-ring (bicyclic) bond motifs is 1. The lowest BCUT2D eigenvalue weighted by Gasteiger charge is -2.50. The van der Waals surface area contributed by atoms with E-state index < -0.39 is 11.8 Å². The van der Waals surface area contributed by atoms with Crippen LogP contribution in [0.5, 0.6) is 0 Å². The second kappa shape index (κ2) is 9.23. The Bertz CT molecular complexity index is 1290. The quantitative estimate of drug-likeness (QED) is 0.275. The van der Waals surface area contributed by atoms with Gasteiger partial charge in [-0.2, -0.15) is 0 Å². The summed E-state index contributed by atoms with van der Waals surface area (Å²) in [6, 6.07) is 9.55. The number of carbonyl (C=O) groups is 2. The van der Waals surface area contributed by atoms with Crippen LogP contribution in [0.15, 0.2) is 35.9 Å². The Morgan fingerprint density at radius 2 is 1.86 bits per heavy atom. The van der Waals surface area contributed by atoms with E-state index in [1.54, 1.807) is 24.3 Å². The fourth-order valence-electron chi connectivity index (χ4n) is 5.44. The van der Waals surface area contributed by atoms with Crippen molar-refractivity contribution in [2.75, 3.05) is 9.80 Å². The van der Waals surface area contributed by atoms with E-state index in [4.69, 9.17) is 35.4 Å². The molecule has 2 aliphatic rings. The summed E-state index contributed by atoms with van der Waals surface area (Å²) in [7, 11) is 0. The second-order valence-electron chi connectivity index (χ2n) is 10.2. The van der Waals surface area contributed by atoms with Crippen LogP contribution in [0.25, 0.3) is 6.08 Å². The van der Waals surface area contributed by atoms with Gasteiger partial charge in [-0.15, -0.1) is 0 Å². The number of nitrogens with one attached hydrogen (secondary N) is 1. The number of rotatable bonds is 3. The second-order valence-corrected chi connectivity index (χ2v) is 11.4. The lowest BCUT2D eigenvalue weighted by molar-refractivity contribution is -0.122. The van der Waals surface area contributed by atoms with Gasteiger partial charge in [-0.25, -0.2) is 0 Å². The zero-order valence-electron chi connectivity index (χ0n) is 20.7. The maximum absolute atomic E-state index is 13.5. The van der Waals surface area contributed by atoms with Crippen molar-refractivity contribution in [1.29, 1.82) is 0 Å². The third-order valence-corrected chi connectivity index (χ3v) is 7.85. The number of halogens is 2. The van der Waals surface area contributed by atoms with E-state index in [9.17, 15) is 9.59 Å². The largest absolute Gasteiger partial charge is 0.364 e. The van der Waals surface area contributed by atoms with Gasteiger partial charge in [0, 0.05) is 17.3 Å². The van der Waals surface area contributed by atoms with E-state index in [-0.39, 0.29) is 21.2 Å². The Labute approximate surface area is 222 Å². The SMILES string of the molecule is Cc1cc2c(cc1/C=C1\C(=O)NC(=S)N(c3cccc(Cl)c3Cl)C1=O)[C@@H](C)CC(C)(C)N2C(C)C. The predicted molar refractivity (Wildman–Crippen MR) is 149 cm³/mol. The van der Waals surface area contributed by atoms with Crippen molar-refractivity contribution in [1.82, 2.24) is 5.32 Å². The summed E-state index contributed by atoms with van der Waals surface area (Å²) in [5.41, 5.74) is 4.56. The van der Waals surface area contributed by atoms with Crippen LogP contribution in [0.2, 0.25) is 10.0 Å². The van der Waals surface area contributed by atoms with Crippen LogP contribution < -0.4 is 15.1 Å². The molecule has 2 amide bonds. The zero-order valence-corrected chi connectivity index (χ0v) is 23.0. The maximum atomic E-state index is 13.5. The van der Waals surface area contributed by atoms with E-state index in [0.717, 1.165) is 17.5 Å². The third kappa shape index (κ3) is 4.48. The van der Waals surface area contributed by atoms with E-state index in [2.05, 4.69) is 57.0 Å². The van der Waals surface area contributed by atoms with Crippen molar-refractivity contribution in [3.05, 3.63) is 62.6 Å². The summed E-state index contributed by atoms with van der Waals surface area (Å²) >= 11 is 17.8. The van der Waals surface area contributed by atoms with Gasteiger partial charge in [0.1, 0.15) is 5.57 Å². The fourth-order valence-corrected chi connectivity index (χ4v) is 6.10. The molecule has 2 aromatic rings. The molecule has 2 aliphatic heterocycles. The minimum Gasteiger partial charge on any atom is -0.364 e. The van der Waals surface area contributed by atoms with Crippen molar-refractivity contribution >= 4 is 69.8 Å². The summed E-state index contributed by atoms with van der Waals surface area (Å²) < 4.78 is 0. The molecule has 1 atom stereocenters. The highest BCUT2D eigenvalue weighted by Gasteiger charge is 2.39. The molecule has 184 valence electrons.